The third kappa shape index (κ3) is 3.85. The van der Waals surface area contributed by atoms with Crippen molar-refractivity contribution < 1.29 is 29.6 Å². The van der Waals surface area contributed by atoms with Gasteiger partial charge in [0.15, 0.2) is 11.5 Å². The summed E-state index contributed by atoms with van der Waals surface area (Å²) < 4.78 is 5.20. The van der Waals surface area contributed by atoms with E-state index in [0.717, 1.165) is 6.42 Å². The number of phenols is 2. The number of aliphatic carboxylic acids is 1. The molecule has 1 saturated heterocycles. The number of aromatic hydroxyl groups is 2. The van der Waals surface area contributed by atoms with Crippen LogP contribution in [0.25, 0.3) is 0 Å². The molecule has 1 fully saturated rings. The molecule has 2 unspecified atom stereocenters. The predicted octanol–water partition coefficient (Wildman–Crippen LogP) is 0.389. The number of carboxylic acid groups (broad SMARTS) is 1. The summed E-state index contributed by atoms with van der Waals surface area (Å²) in [5.41, 5.74) is 0.491. The van der Waals surface area contributed by atoms with Crippen LogP contribution in [0.1, 0.15) is 18.4 Å². The predicted molar refractivity (Wildman–Crippen MR) is 72.0 cm³/mol. The maximum Gasteiger partial charge on any atom is 0.326 e. The molecule has 2 rings (SSSR count). The lowest BCUT2D eigenvalue weighted by Crippen LogP contribution is -2.46. The lowest BCUT2D eigenvalue weighted by atomic mass is 10.0. The molecule has 1 aliphatic heterocycles. The van der Waals surface area contributed by atoms with Gasteiger partial charge in [-0.1, -0.05) is 6.07 Å². The molecule has 1 amide bonds. The molecule has 1 aromatic carbocycles. The fraction of sp³-hybridized carbons (Fsp3) is 0.429. The zero-order valence-corrected chi connectivity index (χ0v) is 11.3. The molecule has 0 aromatic heterocycles. The van der Waals surface area contributed by atoms with Crippen molar-refractivity contribution in [2.24, 2.45) is 0 Å². The number of phenolic OH excluding ortho intramolecular Hbond substituents is 2. The number of ether oxygens (including phenoxy) is 1. The summed E-state index contributed by atoms with van der Waals surface area (Å²) >= 11 is 0. The van der Waals surface area contributed by atoms with Gasteiger partial charge in [0.05, 0.1) is 0 Å². The average molecular weight is 295 g/mol. The highest BCUT2D eigenvalue weighted by molar-refractivity contribution is 5.86. The third-order valence-electron chi connectivity index (χ3n) is 3.32. The second-order valence-electron chi connectivity index (χ2n) is 4.93. The van der Waals surface area contributed by atoms with Gasteiger partial charge in [-0.2, -0.15) is 0 Å². The van der Waals surface area contributed by atoms with Crippen LogP contribution in [0.4, 0.5) is 0 Å². The van der Waals surface area contributed by atoms with Gasteiger partial charge in [-0.25, -0.2) is 4.79 Å². The van der Waals surface area contributed by atoms with E-state index >= 15 is 0 Å². The van der Waals surface area contributed by atoms with Gasteiger partial charge in [0.25, 0.3) is 0 Å². The first-order valence-corrected chi connectivity index (χ1v) is 6.63. The summed E-state index contributed by atoms with van der Waals surface area (Å²) in [7, 11) is 0. The van der Waals surface area contributed by atoms with Gasteiger partial charge in [0.1, 0.15) is 12.1 Å². The summed E-state index contributed by atoms with van der Waals surface area (Å²) in [5, 5.41) is 30.2. The van der Waals surface area contributed by atoms with E-state index < -0.39 is 24.0 Å². The smallest absolute Gasteiger partial charge is 0.326 e. The van der Waals surface area contributed by atoms with Crippen molar-refractivity contribution in [3.8, 4) is 11.5 Å². The SMILES string of the molecule is O=C(O)C(Cc1ccc(O)c(O)c1)NC(=O)C1CCCO1. The van der Waals surface area contributed by atoms with Gasteiger partial charge in [-0.15, -0.1) is 0 Å². The molecule has 0 aliphatic carbocycles. The molecule has 21 heavy (non-hydrogen) atoms. The Morgan fingerprint density at radius 3 is 2.67 bits per heavy atom. The number of carboxylic acids is 1. The standard InChI is InChI=1S/C14H17NO6/c16-10-4-3-8(7-11(10)17)6-9(14(19)20)15-13(18)12-2-1-5-21-12/h3-4,7,9,12,16-17H,1-2,5-6H2,(H,15,18)(H,19,20). The molecular formula is C14H17NO6. The average Bonchev–Trinajstić information content (AvgIpc) is 2.96. The minimum absolute atomic E-state index is 0.00162. The number of rotatable bonds is 5. The fourth-order valence-electron chi connectivity index (χ4n) is 2.18. The van der Waals surface area contributed by atoms with E-state index in [9.17, 15) is 24.9 Å². The van der Waals surface area contributed by atoms with Crippen molar-refractivity contribution >= 4 is 11.9 Å². The van der Waals surface area contributed by atoms with E-state index in [1.807, 2.05) is 0 Å². The van der Waals surface area contributed by atoms with Crippen LogP contribution in [-0.2, 0) is 20.7 Å². The highest BCUT2D eigenvalue weighted by atomic mass is 16.5. The number of nitrogens with one attached hydrogen (secondary N) is 1. The molecule has 2 atom stereocenters. The zero-order chi connectivity index (χ0) is 15.4. The summed E-state index contributed by atoms with van der Waals surface area (Å²) in [6, 6.07) is 2.91. The second kappa shape index (κ2) is 6.45. The summed E-state index contributed by atoms with van der Waals surface area (Å²) in [5.74, 6) is -2.23. The second-order valence-corrected chi connectivity index (χ2v) is 4.93. The monoisotopic (exact) mass is 295 g/mol. The molecule has 0 radical (unpaired) electrons. The Morgan fingerprint density at radius 1 is 1.33 bits per heavy atom. The first-order valence-electron chi connectivity index (χ1n) is 6.63. The number of hydrogen-bond donors (Lipinski definition) is 4. The van der Waals surface area contributed by atoms with Crippen molar-refractivity contribution in [2.45, 2.75) is 31.4 Å². The number of benzene rings is 1. The molecule has 4 N–H and O–H groups in total. The maximum absolute atomic E-state index is 11.9. The largest absolute Gasteiger partial charge is 0.504 e. The van der Waals surface area contributed by atoms with Crippen molar-refractivity contribution in [1.29, 1.82) is 0 Å². The fourth-order valence-corrected chi connectivity index (χ4v) is 2.18. The molecular weight excluding hydrogens is 278 g/mol. The van der Waals surface area contributed by atoms with Crippen LogP contribution in [0.15, 0.2) is 18.2 Å². The van der Waals surface area contributed by atoms with Crippen molar-refractivity contribution in [2.75, 3.05) is 6.61 Å². The zero-order valence-electron chi connectivity index (χ0n) is 11.3. The van der Waals surface area contributed by atoms with E-state index in [2.05, 4.69) is 5.32 Å². The number of carbonyl (C=O) groups excluding carboxylic acids is 1. The Hall–Kier alpha value is -2.28. The lowest BCUT2D eigenvalue weighted by Gasteiger charge is -2.17. The lowest BCUT2D eigenvalue weighted by molar-refractivity contribution is -0.143. The molecule has 0 bridgehead atoms. The topological polar surface area (TPSA) is 116 Å². The molecule has 114 valence electrons. The van der Waals surface area contributed by atoms with E-state index in [4.69, 9.17) is 4.74 Å². The highest BCUT2D eigenvalue weighted by Crippen LogP contribution is 2.25. The Labute approximate surface area is 121 Å². The van der Waals surface area contributed by atoms with Gasteiger partial charge in [0.2, 0.25) is 5.91 Å². The Balaban J connectivity index is 2.03. The molecule has 7 nitrogen and oxygen atoms in total. The van der Waals surface area contributed by atoms with Crippen LogP contribution < -0.4 is 5.32 Å². The molecule has 0 spiro atoms. The summed E-state index contributed by atoms with van der Waals surface area (Å²) in [6.45, 7) is 0.502. The van der Waals surface area contributed by atoms with Crippen molar-refractivity contribution in [3.63, 3.8) is 0 Å². The highest BCUT2D eigenvalue weighted by Gasteiger charge is 2.28. The minimum atomic E-state index is -1.17. The van der Waals surface area contributed by atoms with Crippen molar-refractivity contribution in [3.05, 3.63) is 23.8 Å². The molecule has 1 heterocycles. The van der Waals surface area contributed by atoms with Crippen LogP contribution in [0, 0.1) is 0 Å². The number of hydrogen-bond acceptors (Lipinski definition) is 5. The molecule has 1 aliphatic rings. The van der Waals surface area contributed by atoms with E-state index in [0.29, 0.717) is 18.6 Å². The van der Waals surface area contributed by atoms with E-state index in [-0.39, 0.29) is 17.9 Å². The number of carbonyl (C=O) groups is 2. The van der Waals surface area contributed by atoms with Crippen molar-refractivity contribution in [1.82, 2.24) is 5.32 Å². The van der Waals surface area contributed by atoms with E-state index in [1.165, 1.54) is 18.2 Å². The van der Waals surface area contributed by atoms with Gasteiger partial charge in [0, 0.05) is 13.0 Å². The van der Waals surface area contributed by atoms with Crippen LogP contribution in [-0.4, -0.2) is 45.9 Å². The summed E-state index contributed by atoms with van der Waals surface area (Å²) in [6.07, 6.45) is 0.765. The number of amides is 1. The normalized spacial score (nSPS) is 19.1. The first kappa shape index (κ1) is 15.1. The van der Waals surface area contributed by atoms with Gasteiger partial charge in [-0.3, -0.25) is 4.79 Å². The minimum Gasteiger partial charge on any atom is -0.504 e. The molecule has 7 heteroatoms. The van der Waals surface area contributed by atoms with Gasteiger partial charge < -0.3 is 25.4 Å². The Bertz CT molecular complexity index is 538. The van der Waals surface area contributed by atoms with Crippen LogP contribution >= 0.6 is 0 Å². The van der Waals surface area contributed by atoms with Gasteiger partial charge in [-0.05, 0) is 30.5 Å². The quantitative estimate of drug-likeness (QED) is 0.584. The first-order chi connectivity index (χ1) is 9.97. The van der Waals surface area contributed by atoms with Gasteiger partial charge >= 0.3 is 5.97 Å². The molecule has 0 saturated carbocycles. The van der Waals surface area contributed by atoms with Crippen LogP contribution in [0.2, 0.25) is 0 Å². The van der Waals surface area contributed by atoms with Crippen LogP contribution in [0.3, 0.4) is 0 Å². The maximum atomic E-state index is 11.9. The third-order valence-corrected chi connectivity index (χ3v) is 3.32. The Kier molecular flexibility index (Phi) is 4.64. The van der Waals surface area contributed by atoms with Crippen LogP contribution in [0.5, 0.6) is 11.5 Å². The molecule has 1 aromatic rings. The van der Waals surface area contributed by atoms with E-state index in [1.54, 1.807) is 0 Å². The Morgan fingerprint density at radius 2 is 2.10 bits per heavy atom. The summed E-state index contributed by atoms with van der Waals surface area (Å²) in [4.78, 5) is 23.1.